The number of aromatic nitrogens is 2. The highest BCUT2D eigenvalue weighted by molar-refractivity contribution is 8.01. The second-order valence-corrected chi connectivity index (χ2v) is 6.46. The van der Waals surface area contributed by atoms with Crippen molar-refractivity contribution in [3.63, 3.8) is 0 Å². The topological polar surface area (TPSA) is 61.6 Å². The Labute approximate surface area is 110 Å². The molecule has 1 aromatic heterocycles. The molecule has 1 aromatic rings. The number of hydrogen-bond donors (Lipinski definition) is 1. The standard InChI is InChI=1S/C11H16N4S2/c1-3-9-13-10(17-15-9)16-7-11(2,6-12)14-8-4-5-8/h8,14H,3-5,7H2,1-2H3. The molecular weight excluding hydrogens is 252 g/mol. The summed E-state index contributed by atoms with van der Waals surface area (Å²) in [6, 6.07) is 2.91. The summed E-state index contributed by atoms with van der Waals surface area (Å²) >= 11 is 3.04. The molecule has 0 spiro atoms. The van der Waals surface area contributed by atoms with Crippen LogP contribution in [-0.2, 0) is 6.42 Å². The fraction of sp³-hybridized carbons (Fsp3) is 0.727. The van der Waals surface area contributed by atoms with E-state index in [-0.39, 0.29) is 0 Å². The van der Waals surface area contributed by atoms with Crippen LogP contribution >= 0.6 is 23.3 Å². The molecule has 4 nitrogen and oxygen atoms in total. The third kappa shape index (κ3) is 3.66. The molecule has 0 amide bonds. The summed E-state index contributed by atoms with van der Waals surface area (Å²) in [6.45, 7) is 4.00. The van der Waals surface area contributed by atoms with Crippen LogP contribution in [0.5, 0.6) is 0 Å². The van der Waals surface area contributed by atoms with Gasteiger partial charge >= 0.3 is 0 Å². The first-order valence-electron chi connectivity index (χ1n) is 5.79. The predicted octanol–water partition coefficient (Wildman–Crippen LogP) is 2.23. The first-order chi connectivity index (χ1) is 8.15. The number of aryl methyl sites for hydroxylation is 1. The maximum Gasteiger partial charge on any atom is 0.170 e. The lowest BCUT2D eigenvalue weighted by Gasteiger charge is -2.21. The van der Waals surface area contributed by atoms with E-state index in [4.69, 9.17) is 0 Å². The van der Waals surface area contributed by atoms with Gasteiger partial charge < -0.3 is 0 Å². The number of nitrogens with zero attached hydrogens (tertiary/aromatic N) is 3. The van der Waals surface area contributed by atoms with E-state index in [0.29, 0.717) is 6.04 Å². The van der Waals surface area contributed by atoms with Crippen LogP contribution in [0.2, 0.25) is 0 Å². The van der Waals surface area contributed by atoms with E-state index in [1.54, 1.807) is 11.8 Å². The first-order valence-corrected chi connectivity index (χ1v) is 7.55. The highest BCUT2D eigenvalue weighted by atomic mass is 32.2. The van der Waals surface area contributed by atoms with E-state index in [2.05, 4.69) is 20.7 Å². The van der Waals surface area contributed by atoms with Crippen LogP contribution in [0.3, 0.4) is 0 Å². The van der Waals surface area contributed by atoms with Crippen LogP contribution in [0.15, 0.2) is 4.34 Å². The lowest BCUT2D eigenvalue weighted by Crippen LogP contribution is -2.44. The van der Waals surface area contributed by atoms with Crippen molar-refractivity contribution in [2.75, 3.05) is 5.75 Å². The first kappa shape index (κ1) is 12.8. The summed E-state index contributed by atoms with van der Waals surface area (Å²) in [4.78, 5) is 4.39. The molecule has 1 fully saturated rings. The van der Waals surface area contributed by atoms with Crippen molar-refractivity contribution >= 4 is 23.3 Å². The molecule has 1 saturated carbocycles. The van der Waals surface area contributed by atoms with Crippen LogP contribution in [0.1, 0.15) is 32.5 Å². The van der Waals surface area contributed by atoms with Crippen molar-refractivity contribution in [3.05, 3.63) is 5.82 Å². The number of hydrogen-bond acceptors (Lipinski definition) is 6. The summed E-state index contributed by atoms with van der Waals surface area (Å²) < 4.78 is 5.20. The molecular formula is C11H16N4S2. The number of nitriles is 1. The summed E-state index contributed by atoms with van der Waals surface area (Å²) in [5, 5.41) is 12.6. The second-order valence-electron chi connectivity index (χ2n) is 4.48. The Balaban J connectivity index is 1.88. The Hall–Kier alpha value is -0.640. The molecule has 0 aromatic carbocycles. The van der Waals surface area contributed by atoms with Gasteiger partial charge in [0.2, 0.25) is 0 Å². The molecule has 0 radical (unpaired) electrons. The number of nitrogens with one attached hydrogen (secondary N) is 1. The fourth-order valence-electron chi connectivity index (χ4n) is 1.43. The van der Waals surface area contributed by atoms with Crippen molar-refractivity contribution in [2.45, 2.75) is 49.0 Å². The Morgan fingerprint density at radius 3 is 2.94 bits per heavy atom. The van der Waals surface area contributed by atoms with Crippen LogP contribution in [0.4, 0.5) is 0 Å². The zero-order valence-corrected chi connectivity index (χ0v) is 11.7. The second kappa shape index (κ2) is 5.34. The number of rotatable bonds is 6. The third-order valence-corrected chi connectivity index (χ3v) is 4.78. The average Bonchev–Trinajstić information content (AvgIpc) is 3.02. The molecule has 6 heteroatoms. The van der Waals surface area contributed by atoms with Crippen molar-refractivity contribution in [3.8, 4) is 6.07 Å². The minimum Gasteiger partial charge on any atom is -0.296 e. The van der Waals surface area contributed by atoms with Crippen molar-refractivity contribution in [1.29, 1.82) is 5.26 Å². The van der Waals surface area contributed by atoms with Gasteiger partial charge in [-0.15, -0.1) is 0 Å². The van der Waals surface area contributed by atoms with E-state index in [0.717, 1.165) is 22.3 Å². The Morgan fingerprint density at radius 2 is 2.41 bits per heavy atom. The van der Waals surface area contributed by atoms with Gasteiger partial charge in [-0.25, -0.2) is 4.98 Å². The summed E-state index contributed by atoms with van der Waals surface area (Å²) in [5.74, 6) is 1.62. The van der Waals surface area contributed by atoms with Gasteiger partial charge in [0.1, 0.15) is 11.4 Å². The largest absolute Gasteiger partial charge is 0.296 e. The van der Waals surface area contributed by atoms with Crippen molar-refractivity contribution in [2.24, 2.45) is 0 Å². The van der Waals surface area contributed by atoms with Crippen LogP contribution in [-0.4, -0.2) is 26.7 Å². The molecule has 0 saturated heterocycles. The smallest absolute Gasteiger partial charge is 0.170 e. The molecule has 1 heterocycles. The highest BCUT2D eigenvalue weighted by Crippen LogP contribution is 2.27. The zero-order chi connectivity index (χ0) is 12.3. The molecule has 1 atom stereocenters. The molecule has 1 N–H and O–H groups in total. The molecule has 1 aliphatic carbocycles. The highest BCUT2D eigenvalue weighted by Gasteiger charge is 2.32. The van der Waals surface area contributed by atoms with Gasteiger partial charge in [0.25, 0.3) is 0 Å². The fourth-order valence-corrected chi connectivity index (χ4v) is 3.16. The Morgan fingerprint density at radius 1 is 1.65 bits per heavy atom. The van der Waals surface area contributed by atoms with Gasteiger partial charge in [0.15, 0.2) is 4.34 Å². The average molecular weight is 268 g/mol. The molecule has 2 rings (SSSR count). The van der Waals surface area contributed by atoms with E-state index < -0.39 is 5.54 Å². The summed E-state index contributed by atoms with van der Waals surface area (Å²) in [7, 11) is 0. The predicted molar refractivity (Wildman–Crippen MR) is 70.2 cm³/mol. The lowest BCUT2D eigenvalue weighted by molar-refractivity contribution is 0.490. The lowest BCUT2D eigenvalue weighted by atomic mass is 10.1. The van der Waals surface area contributed by atoms with E-state index in [9.17, 15) is 5.26 Å². The third-order valence-electron chi connectivity index (χ3n) is 2.60. The normalized spacial score (nSPS) is 18.6. The molecule has 92 valence electrons. The summed E-state index contributed by atoms with van der Waals surface area (Å²) in [6.07, 6.45) is 3.26. The van der Waals surface area contributed by atoms with Gasteiger partial charge in [-0.05, 0) is 31.3 Å². The monoisotopic (exact) mass is 268 g/mol. The molecule has 1 aliphatic rings. The Bertz CT molecular complexity index is 421. The van der Waals surface area contributed by atoms with E-state index in [1.165, 1.54) is 24.4 Å². The molecule has 1 unspecified atom stereocenters. The van der Waals surface area contributed by atoms with E-state index >= 15 is 0 Å². The van der Waals surface area contributed by atoms with Crippen LogP contribution in [0.25, 0.3) is 0 Å². The maximum absolute atomic E-state index is 9.23. The van der Waals surface area contributed by atoms with Gasteiger partial charge in [0, 0.05) is 18.2 Å². The maximum atomic E-state index is 9.23. The molecule has 0 aliphatic heterocycles. The molecule has 0 bridgehead atoms. The van der Waals surface area contributed by atoms with Crippen molar-refractivity contribution in [1.82, 2.24) is 14.7 Å². The van der Waals surface area contributed by atoms with Crippen LogP contribution in [0, 0.1) is 11.3 Å². The number of thioether (sulfide) groups is 1. The quantitative estimate of drug-likeness (QED) is 0.802. The van der Waals surface area contributed by atoms with Gasteiger partial charge in [-0.2, -0.15) is 9.64 Å². The van der Waals surface area contributed by atoms with Gasteiger partial charge in [0.05, 0.1) is 6.07 Å². The SMILES string of the molecule is CCc1nsc(SCC(C)(C#N)NC2CC2)n1. The zero-order valence-electron chi connectivity index (χ0n) is 10.1. The van der Waals surface area contributed by atoms with Crippen molar-refractivity contribution < 1.29 is 0 Å². The van der Waals surface area contributed by atoms with E-state index in [1.807, 2.05) is 13.8 Å². The Kier molecular flexibility index (Phi) is 4.02. The van der Waals surface area contributed by atoms with Crippen LogP contribution < -0.4 is 5.32 Å². The van der Waals surface area contributed by atoms with Gasteiger partial charge in [-0.1, -0.05) is 18.7 Å². The van der Waals surface area contributed by atoms with Gasteiger partial charge in [-0.3, -0.25) is 5.32 Å². The minimum absolute atomic E-state index is 0.454. The molecule has 17 heavy (non-hydrogen) atoms. The minimum atomic E-state index is -0.454. The summed E-state index contributed by atoms with van der Waals surface area (Å²) in [5.41, 5.74) is -0.454.